The lowest BCUT2D eigenvalue weighted by Gasteiger charge is -2.22. The Bertz CT molecular complexity index is 277. The second kappa shape index (κ2) is 4.74. The molecule has 0 aliphatic rings. The van der Waals surface area contributed by atoms with Gasteiger partial charge in [-0.2, -0.15) is 12.6 Å². The monoisotopic (exact) mass is 210 g/mol. The highest BCUT2D eigenvalue weighted by Gasteiger charge is 2.16. The SMILES string of the molecule is Cc1ccc(OCC(C)(C)CS)cc1. The molecule has 1 nitrogen and oxygen atoms in total. The van der Waals surface area contributed by atoms with Crippen molar-refractivity contribution in [2.45, 2.75) is 20.8 Å². The highest BCUT2D eigenvalue weighted by molar-refractivity contribution is 7.80. The zero-order valence-corrected chi connectivity index (χ0v) is 9.97. The number of thiol groups is 1. The first-order valence-electron chi connectivity index (χ1n) is 4.84. The fraction of sp³-hybridized carbons (Fsp3) is 0.500. The van der Waals surface area contributed by atoms with Crippen molar-refractivity contribution in [3.8, 4) is 5.75 Å². The second-order valence-electron chi connectivity index (χ2n) is 4.42. The molecule has 2 heteroatoms. The molecule has 0 fully saturated rings. The van der Waals surface area contributed by atoms with Gasteiger partial charge < -0.3 is 4.74 Å². The highest BCUT2D eigenvalue weighted by atomic mass is 32.1. The highest BCUT2D eigenvalue weighted by Crippen LogP contribution is 2.19. The van der Waals surface area contributed by atoms with Crippen LogP contribution in [0.2, 0.25) is 0 Å². The third-order valence-electron chi connectivity index (χ3n) is 2.08. The van der Waals surface area contributed by atoms with Crippen LogP contribution >= 0.6 is 12.6 Å². The van der Waals surface area contributed by atoms with Gasteiger partial charge in [-0.05, 0) is 24.8 Å². The van der Waals surface area contributed by atoms with Crippen molar-refractivity contribution in [3.63, 3.8) is 0 Å². The average Bonchev–Trinajstić information content (AvgIpc) is 2.17. The summed E-state index contributed by atoms with van der Waals surface area (Å²) in [5.41, 5.74) is 1.39. The Hall–Kier alpha value is -0.630. The van der Waals surface area contributed by atoms with Gasteiger partial charge >= 0.3 is 0 Å². The Balaban J connectivity index is 2.50. The van der Waals surface area contributed by atoms with Gasteiger partial charge in [-0.3, -0.25) is 0 Å². The number of rotatable bonds is 4. The van der Waals surface area contributed by atoms with E-state index in [1.54, 1.807) is 0 Å². The first kappa shape index (κ1) is 11.4. The Labute approximate surface area is 91.9 Å². The van der Waals surface area contributed by atoms with Crippen molar-refractivity contribution in [1.29, 1.82) is 0 Å². The van der Waals surface area contributed by atoms with Gasteiger partial charge in [-0.15, -0.1) is 0 Å². The van der Waals surface area contributed by atoms with E-state index in [1.807, 2.05) is 12.1 Å². The Kier molecular flexibility index (Phi) is 3.87. The van der Waals surface area contributed by atoms with E-state index in [0.29, 0.717) is 6.61 Å². The number of benzene rings is 1. The van der Waals surface area contributed by atoms with Gasteiger partial charge in [0.15, 0.2) is 0 Å². The van der Waals surface area contributed by atoms with Crippen LogP contribution in [0.3, 0.4) is 0 Å². The van der Waals surface area contributed by atoms with Crippen molar-refractivity contribution in [3.05, 3.63) is 29.8 Å². The first-order valence-corrected chi connectivity index (χ1v) is 5.47. The van der Waals surface area contributed by atoms with Gasteiger partial charge in [0.2, 0.25) is 0 Å². The first-order chi connectivity index (χ1) is 6.53. The van der Waals surface area contributed by atoms with Crippen molar-refractivity contribution < 1.29 is 4.74 Å². The van der Waals surface area contributed by atoms with Crippen molar-refractivity contribution >= 4 is 12.6 Å². The molecule has 0 amide bonds. The fourth-order valence-corrected chi connectivity index (χ4v) is 1.05. The van der Waals surface area contributed by atoms with Crippen LogP contribution in [-0.2, 0) is 0 Å². The number of ether oxygens (including phenoxy) is 1. The molecule has 1 aromatic carbocycles. The molecule has 0 atom stereocenters. The minimum atomic E-state index is 0.133. The molecule has 14 heavy (non-hydrogen) atoms. The van der Waals surface area contributed by atoms with Crippen LogP contribution in [0.25, 0.3) is 0 Å². The molecule has 0 saturated heterocycles. The molecule has 0 aromatic heterocycles. The van der Waals surface area contributed by atoms with Crippen molar-refractivity contribution in [2.75, 3.05) is 12.4 Å². The molecular weight excluding hydrogens is 192 g/mol. The van der Waals surface area contributed by atoms with E-state index < -0.39 is 0 Å². The summed E-state index contributed by atoms with van der Waals surface area (Å²) in [6.07, 6.45) is 0. The predicted octanol–water partition coefficient (Wildman–Crippen LogP) is 3.33. The number of hydrogen-bond acceptors (Lipinski definition) is 2. The molecule has 1 rings (SSSR count). The van der Waals surface area contributed by atoms with E-state index in [1.165, 1.54) is 5.56 Å². The van der Waals surface area contributed by atoms with Gasteiger partial charge in [0.25, 0.3) is 0 Å². The maximum absolute atomic E-state index is 5.67. The summed E-state index contributed by atoms with van der Waals surface area (Å²) in [5.74, 6) is 1.77. The molecule has 78 valence electrons. The van der Waals surface area contributed by atoms with Crippen molar-refractivity contribution in [1.82, 2.24) is 0 Å². The molecule has 0 spiro atoms. The summed E-state index contributed by atoms with van der Waals surface area (Å²) in [6.45, 7) is 7.07. The van der Waals surface area contributed by atoms with Gasteiger partial charge in [-0.25, -0.2) is 0 Å². The van der Waals surface area contributed by atoms with Crippen LogP contribution in [0.1, 0.15) is 19.4 Å². The lowest BCUT2D eigenvalue weighted by Crippen LogP contribution is -2.23. The summed E-state index contributed by atoms with van der Waals surface area (Å²) in [4.78, 5) is 0. The van der Waals surface area contributed by atoms with E-state index in [2.05, 4.69) is 45.5 Å². The zero-order chi connectivity index (χ0) is 10.6. The Morgan fingerprint density at radius 2 is 1.79 bits per heavy atom. The number of hydrogen-bond donors (Lipinski definition) is 1. The minimum Gasteiger partial charge on any atom is -0.493 e. The minimum absolute atomic E-state index is 0.133. The predicted molar refractivity (Wildman–Crippen MR) is 64.3 cm³/mol. The fourth-order valence-electron chi connectivity index (χ4n) is 0.959. The molecule has 0 saturated carbocycles. The molecule has 0 aliphatic heterocycles. The molecule has 0 aliphatic carbocycles. The van der Waals surface area contributed by atoms with Crippen LogP contribution in [0.15, 0.2) is 24.3 Å². The van der Waals surface area contributed by atoms with Crippen LogP contribution in [0.4, 0.5) is 0 Å². The molecule has 0 heterocycles. The van der Waals surface area contributed by atoms with Crippen LogP contribution in [0, 0.1) is 12.3 Å². The summed E-state index contributed by atoms with van der Waals surface area (Å²) in [6, 6.07) is 8.12. The zero-order valence-electron chi connectivity index (χ0n) is 9.08. The largest absolute Gasteiger partial charge is 0.493 e. The van der Waals surface area contributed by atoms with E-state index in [0.717, 1.165) is 11.5 Å². The summed E-state index contributed by atoms with van der Waals surface area (Å²) in [5, 5.41) is 0. The lowest BCUT2D eigenvalue weighted by molar-refractivity contribution is 0.202. The van der Waals surface area contributed by atoms with Gasteiger partial charge in [0.05, 0.1) is 6.61 Å². The standard InChI is InChI=1S/C12H18OS/c1-10-4-6-11(7-5-10)13-8-12(2,3)9-14/h4-7,14H,8-9H2,1-3H3. The summed E-state index contributed by atoms with van der Waals surface area (Å²) < 4.78 is 5.67. The van der Waals surface area contributed by atoms with Gasteiger partial charge in [0, 0.05) is 5.41 Å². The summed E-state index contributed by atoms with van der Waals surface area (Å²) >= 11 is 4.28. The smallest absolute Gasteiger partial charge is 0.119 e. The van der Waals surface area contributed by atoms with E-state index >= 15 is 0 Å². The van der Waals surface area contributed by atoms with Crippen LogP contribution in [-0.4, -0.2) is 12.4 Å². The average molecular weight is 210 g/mol. The Morgan fingerprint density at radius 3 is 2.29 bits per heavy atom. The van der Waals surface area contributed by atoms with Gasteiger partial charge in [0.1, 0.15) is 5.75 Å². The molecule has 1 aromatic rings. The topological polar surface area (TPSA) is 9.23 Å². The third kappa shape index (κ3) is 3.62. The molecule has 0 radical (unpaired) electrons. The molecule has 0 N–H and O–H groups in total. The van der Waals surface area contributed by atoms with E-state index in [-0.39, 0.29) is 5.41 Å². The summed E-state index contributed by atoms with van der Waals surface area (Å²) in [7, 11) is 0. The maximum Gasteiger partial charge on any atom is 0.119 e. The number of aryl methyl sites for hydroxylation is 1. The molecular formula is C12H18OS. The van der Waals surface area contributed by atoms with Crippen LogP contribution in [0.5, 0.6) is 5.75 Å². The van der Waals surface area contributed by atoms with E-state index in [4.69, 9.17) is 4.74 Å². The van der Waals surface area contributed by atoms with Gasteiger partial charge in [-0.1, -0.05) is 31.5 Å². The lowest BCUT2D eigenvalue weighted by atomic mass is 9.98. The van der Waals surface area contributed by atoms with E-state index in [9.17, 15) is 0 Å². The Morgan fingerprint density at radius 1 is 1.21 bits per heavy atom. The quantitative estimate of drug-likeness (QED) is 0.750. The molecule has 0 unspecified atom stereocenters. The van der Waals surface area contributed by atoms with Crippen molar-refractivity contribution in [2.24, 2.45) is 5.41 Å². The third-order valence-corrected chi connectivity index (χ3v) is 2.93. The molecule has 0 bridgehead atoms. The second-order valence-corrected chi connectivity index (χ2v) is 4.74. The normalized spacial score (nSPS) is 11.4. The maximum atomic E-state index is 5.67. The van der Waals surface area contributed by atoms with Crippen LogP contribution < -0.4 is 4.74 Å².